The van der Waals surface area contributed by atoms with Crippen LogP contribution in [0.2, 0.25) is 0 Å². The number of carbonyl (C=O) groups excluding carboxylic acids is 2. The SMILES string of the molecule is CCOC(=O)[C@](O)(CC(=O)Nc1ccc(I)cc1)C(F)(F)F. The van der Waals surface area contributed by atoms with Crippen molar-refractivity contribution in [2.75, 3.05) is 11.9 Å². The molecule has 1 rings (SSSR count). The smallest absolute Gasteiger partial charge is 0.428 e. The van der Waals surface area contributed by atoms with Crippen molar-refractivity contribution in [1.82, 2.24) is 0 Å². The maximum Gasteiger partial charge on any atom is 0.428 e. The lowest BCUT2D eigenvalue weighted by Gasteiger charge is -2.27. The molecule has 22 heavy (non-hydrogen) atoms. The van der Waals surface area contributed by atoms with Gasteiger partial charge < -0.3 is 15.2 Å². The lowest BCUT2D eigenvalue weighted by Crippen LogP contribution is -2.54. The van der Waals surface area contributed by atoms with Crippen LogP contribution in [0.25, 0.3) is 0 Å². The number of benzene rings is 1. The van der Waals surface area contributed by atoms with E-state index in [1.807, 2.05) is 22.6 Å². The lowest BCUT2D eigenvalue weighted by atomic mass is 9.98. The van der Waals surface area contributed by atoms with E-state index in [1.54, 1.807) is 12.1 Å². The van der Waals surface area contributed by atoms with Crippen molar-refractivity contribution < 1.29 is 32.6 Å². The third-order valence-corrected chi connectivity index (χ3v) is 3.35. The van der Waals surface area contributed by atoms with Gasteiger partial charge in [-0.15, -0.1) is 0 Å². The van der Waals surface area contributed by atoms with E-state index in [2.05, 4.69) is 10.1 Å². The molecule has 1 amide bonds. The normalized spacial score (nSPS) is 14.1. The predicted molar refractivity (Wildman–Crippen MR) is 80.0 cm³/mol. The number of alkyl halides is 3. The number of rotatable bonds is 5. The molecule has 1 aromatic rings. The van der Waals surface area contributed by atoms with Crippen molar-refractivity contribution in [3.05, 3.63) is 27.8 Å². The van der Waals surface area contributed by atoms with Crippen LogP contribution in [0.1, 0.15) is 13.3 Å². The fraction of sp³-hybridized carbons (Fsp3) is 0.385. The molecular formula is C13H13F3INO4. The van der Waals surface area contributed by atoms with Gasteiger partial charge >= 0.3 is 12.1 Å². The molecule has 0 aliphatic rings. The van der Waals surface area contributed by atoms with Gasteiger partial charge in [-0.25, -0.2) is 4.79 Å². The van der Waals surface area contributed by atoms with Crippen LogP contribution in [0.5, 0.6) is 0 Å². The van der Waals surface area contributed by atoms with Crippen LogP contribution in [0.15, 0.2) is 24.3 Å². The van der Waals surface area contributed by atoms with Crippen molar-refractivity contribution in [3.8, 4) is 0 Å². The molecule has 122 valence electrons. The molecule has 2 N–H and O–H groups in total. The van der Waals surface area contributed by atoms with Crippen LogP contribution in [0.4, 0.5) is 18.9 Å². The Morgan fingerprint density at radius 3 is 2.27 bits per heavy atom. The molecule has 1 atom stereocenters. The van der Waals surface area contributed by atoms with Crippen molar-refractivity contribution in [1.29, 1.82) is 0 Å². The Morgan fingerprint density at radius 2 is 1.82 bits per heavy atom. The predicted octanol–water partition coefficient (Wildman–Crippen LogP) is 2.48. The number of esters is 1. The molecule has 0 aliphatic carbocycles. The van der Waals surface area contributed by atoms with Gasteiger partial charge in [0.1, 0.15) is 0 Å². The summed E-state index contributed by atoms with van der Waals surface area (Å²) < 4.78 is 43.8. The zero-order valence-corrected chi connectivity index (χ0v) is 13.6. The third kappa shape index (κ3) is 4.57. The highest BCUT2D eigenvalue weighted by atomic mass is 127. The molecule has 0 aromatic heterocycles. The molecule has 1 aromatic carbocycles. The summed E-state index contributed by atoms with van der Waals surface area (Å²) in [6.45, 7) is 0.941. The first-order valence-electron chi connectivity index (χ1n) is 6.12. The maximum absolute atomic E-state index is 12.9. The van der Waals surface area contributed by atoms with Gasteiger partial charge in [-0.2, -0.15) is 13.2 Å². The average Bonchev–Trinajstić information content (AvgIpc) is 2.40. The van der Waals surface area contributed by atoms with Gasteiger partial charge in [0.25, 0.3) is 5.60 Å². The number of aliphatic hydroxyl groups is 1. The second kappa shape index (κ2) is 7.27. The number of carbonyl (C=O) groups is 2. The summed E-state index contributed by atoms with van der Waals surface area (Å²) in [6, 6.07) is 6.24. The second-order valence-electron chi connectivity index (χ2n) is 4.31. The number of hydrogen-bond acceptors (Lipinski definition) is 4. The summed E-state index contributed by atoms with van der Waals surface area (Å²) in [7, 11) is 0. The molecule has 0 saturated heterocycles. The van der Waals surface area contributed by atoms with Gasteiger partial charge in [0.05, 0.1) is 13.0 Å². The number of amides is 1. The van der Waals surface area contributed by atoms with Crippen LogP contribution in [0, 0.1) is 3.57 Å². The molecule has 0 spiro atoms. The fourth-order valence-electron chi connectivity index (χ4n) is 1.51. The minimum Gasteiger partial charge on any atom is -0.464 e. The Bertz CT molecular complexity index is 547. The first kappa shape index (κ1) is 18.7. The largest absolute Gasteiger partial charge is 0.464 e. The fourth-order valence-corrected chi connectivity index (χ4v) is 1.87. The Kier molecular flexibility index (Phi) is 6.17. The second-order valence-corrected chi connectivity index (χ2v) is 5.56. The highest BCUT2D eigenvalue weighted by Crippen LogP contribution is 2.34. The molecular weight excluding hydrogens is 418 g/mol. The van der Waals surface area contributed by atoms with E-state index in [-0.39, 0.29) is 12.3 Å². The zero-order valence-electron chi connectivity index (χ0n) is 11.4. The number of anilines is 1. The van der Waals surface area contributed by atoms with E-state index in [0.29, 0.717) is 0 Å². The maximum atomic E-state index is 12.9. The minimum absolute atomic E-state index is 0.249. The quantitative estimate of drug-likeness (QED) is 0.555. The van der Waals surface area contributed by atoms with Gasteiger partial charge in [0, 0.05) is 9.26 Å². The first-order valence-corrected chi connectivity index (χ1v) is 7.19. The molecule has 0 heterocycles. The van der Waals surface area contributed by atoms with Crippen LogP contribution in [-0.4, -0.2) is 35.4 Å². The molecule has 0 saturated carbocycles. The van der Waals surface area contributed by atoms with E-state index in [9.17, 15) is 27.9 Å². The van der Waals surface area contributed by atoms with E-state index < -0.39 is 30.1 Å². The summed E-state index contributed by atoms with van der Waals surface area (Å²) >= 11 is 2.02. The monoisotopic (exact) mass is 431 g/mol. The molecule has 0 unspecified atom stereocenters. The molecule has 0 aliphatic heterocycles. The van der Waals surface area contributed by atoms with Crippen molar-refractivity contribution in [2.24, 2.45) is 0 Å². The summed E-state index contributed by atoms with van der Waals surface area (Å²) in [5, 5.41) is 11.8. The summed E-state index contributed by atoms with van der Waals surface area (Å²) in [5.41, 5.74) is -3.63. The number of halogens is 4. The molecule has 9 heteroatoms. The van der Waals surface area contributed by atoms with E-state index in [1.165, 1.54) is 19.1 Å². The minimum atomic E-state index is -5.33. The van der Waals surface area contributed by atoms with E-state index >= 15 is 0 Å². The Hall–Kier alpha value is -1.36. The summed E-state index contributed by atoms with van der Waals surface area (Å²) in [5.74, 6) is -3.06. The van der Waals surface area contributed by atoms with Gasteiger partial charge in [-0.05, 0) is 53.8 Å². The van der Waals surface area contributed by atoms with Gasteiger partial charge in [-0.3, -0.25) is 4.79 Å². The van der Waals surface area contributed by atoms with Crippen LogP contribution < -0.4 is 5.32 Å². The standard InChI is InChI=1S/C13H13F3INO4/c1-2-22-11(20)12(21,13(14,15)16)7-10(19)18-9-5-3-8(17)4-6-9/h3-6,21H,2,7H2,1H3,(H,18,19)/t12-/m1/s1. The van der Waals surface area contributed by atoms with Crippen molar-refractivity contribution in [2.45, 2.75) is 25.1 Å². The Labute approximate surface area is 138 Å². The Balaban J connectivity index is 2.88. The van der Waals surface area contributed by atoms with Gasteiger partial charge in [0.15, 0.2) is 0 Å². The molecule has 0 radical (unpaired) electrons. The zero-order chi connectivity index (χ0) is 17.0. The number of nitrogens with one attached hydrogen (secondary N) is 1. The van der Waals surface area contributed by atoms with Gasteiger partial charge in [0.2, 0.25) is 5.91 Å². The highest BCUT2D eigenvalue weighted by molar-refractivity contribution is 14.1. The van der Waals surface area contributed by atoms with Crippen LogP contribution in [-0.2, 0) is 14.3 Å². The van der Waals surface area contributed by atoms with E-state index in [4.69, 9.17) is 0 Å². The highest BCUT2D eigenvalue weighted by Gasteiger charge is 2.61. The molecule has 0 fully saturated rings. The van der Waals surface area contributed by atoms with E-state index in [0.717, 1.165) is 3.57 Å². The average molecular weight is 431 g/mol. The lowest BCUT2D eigenvalue weighted by molar-refractivity contribution is -0.262. The molecule has 5 nitrogen and oxygen atoms in total. The van der Waals surface area contributed by atoms with Crippen LogP contribution >= 0.6 is 22.6 Å². The van der Waals surface area contributed by atoms with Crippen molar-refractivity contribution >= 4 is 40.2 Å². The topological polar surface area (TPSA) is 75.6 Å². The van der Waals surface area contributed by atoms with Crippen LogP contribution in [0.3, 0.4) is 0 Å². The van der Waals surface area contributed by atoms with Gasteiger partial charge in [-0.1, -0.05) is 0 Å². The molecule has 0 bridgehead atoms. The summed E-state index contributed by atoms with van der Waals surface area (Å²) in [6.07, 6.45) is -6.82. The Morgan fingerprint density at radius 1 is 1.27 bits per heavy atom. The first-order chi connectivity index (χ1) is 10.1. The summed E-state index contributed by atoms with van der Waals surface area (Å²) in [4.78, 5) is 23.1. The number of hydrogen-bond donors (Lipinski definition) is 2. The third-order valence-electron chi connectivity index (χ3n) is 2.63. The number of ether oxygens (including phenoxy) is 1. The van der Waals surface area contributed by atoms with Crippen molar-refractivity contribution in [3.63, 3.8) is 0 Å².